The molecular formula is C45H37N5O. The number of carbonyl (C=O) groups excluding carboxylic acids is 1. The zero-order chi connectivity index (χ0) is 34.6. The van der Waals surface area contributed by atoms with Crippen molar-refractivity contribution in [1.29, 1.82) is 0 Å². The molecule has 6 nitrogen and oxygen atoms in total. The minimum absolute atomic E-state index is 0.0343. The second-order valence-corrected chi connectivity index (χ2v) is 13.4. The summed E-state index contributed by atoms with van der Waals surface area (Å²) in [4.78, 5) is 24.6. The summed E-state index contributed by atoms with van der Waals surface area (Å²) in [6.45, 7) is 5.04. The van der Waals surface area contributed by atoms with Crippen molar-refractivity contribution >= 4 is 49.8 Å². The number of hydrogen-bond acceptors (Lipinski definition) is 3. The monoisotopic (exact) mass is 663 g/mol. The van der Waals surface area contributed by atoms with Gasteiger partial charge < -0.3 is 9.13 Å². The molecule has 0 N–H and O–H groups in total. The number of hydrogen-bond donors (Lipinski definition) is 0. The molecule has 3 aromatic heterocycles. The molecule has 0 aliphatic carbocycles. The van der Waals surface area contributed by atoms with Crippen molar-refractivity contribution in [3.63, 3.8) is 0 Å². The van der Waals surface area contributed by atoms with E-state index in [4.69, 9.17) is 9.97 Å². The van der Waals surface area contributed by atoms with Gasteiger partial charge in [-0.05, 0) is 78.1 Å². The molecule has 248 valence electrons. The van der Waals surface area contributed by atoms with Crippen LogP contribution in [-0.2, 0) is 20.0 Å². The van der Waals surface area contributed by atoms with Crippen molar-refractivity contribution in [1.82, 2.24) is 23.7 Å². The number of para-hydroxylation sites is 4. The van der Waals surface area contributed by atoms with Gasteiger partial charge in [0, 0.05) is 41.9 Å². The number of carbonyl (C=O) groups is 1. The van der Waals surface area contributed by atoms with Crippen LogP contribution in [0.5, 0.6) is 0 Å². The summed E-state index contributed by atoms with van der Waals surface area (Å²) >= 11 is 0. The topological polar surface area (TPSA) is 57.6 Å². The van der Waals surface area contributed by atoms with Crippen molar-refractivity contribution < 1.29 is 4.79 Å². The zero-order valence-corrected chi connectivity index (χ0v) is 29.0. The van der Waals surface area contributed by atoms with Crippen molar-refractivity contribution in [2.75, 3.05) is 0 Å². The van der Waals surface area contributed by atoms with Crippen molar-refractivity contribution in [2.24, 2.45) is 7.05 Å². The maximum Gasteiger partial charge on any atom is 0.263 e. The fourth-order valence-corrected chi connectivity index (χ4v) is 7.72. The van der Waals surface area contributed by atoms with Crippen LogP contribution in [-0.4, -0.2) is 29.6 Å². The first-order chi connectivity index (χ1) is 25.0. The van der Waals surface area contributed by atoms with Gasteiger partial charge in [-0.15, -0.1) is 0 Å². The van der Waals surface area contributed by atoms with E-state index in [0.29, 0.717) is 12.1 Å². The standard InChI is InChI=1S/C45H37N5O/c1-4-13-42-47-43-29(2)26-32(44-46-37-18-9-12-21-40(37)48(44)3)27-41(43)49(42)28-30-22-24-31(25-23-30)33-14-5-6-17-36(33)45(51)50-38-19-10-7-15-34(38)35-16-8-11-20-39(35)50/h5-12,14-27H,4,13,28H2,1-3H3. The molecule has 0 radical (unpaired) electrons. The lowest BCUT2D eigenvalue weighted by Gasteiger charge is -2.13. The number of rotatable bonds is 7. The van der Waals surface area contributed by atoms with Gasteiger partial charge >= 0.3 is 0 Å². The van der Waals surface area contributed by atoms with Gasteiger partial charge in [-0.3, -0.25) is 9.36 Å². The molecule has 0 aliphatic heterocycles. The highest BCUT2D eigenvalue weighted by Crippen LogP contribution is 2.33. The van der Waals surface area contributed by atoms with E-state index in [-0.39, 0.29) is 5.91 Å². The average Bonchev–Trinajstić information content (AvgIpc) is 3.81. The molecule has 9 aromatic rings. The molecule has 0 spiro atoms. The fourth-order valence-electron chi connectivity index (χ4n) is 7.72. The van der Waals surface area contributed by atoms with Crippen LogP contribution in [0.4, 0.5) is 0 Å². The molecule has 0 bridgehead atoms. The Morgan fingerprint density at radius 2 is 1.31 bits per heavy atom. The molecule has 0 saturated carbocycles. The fraction of sp³-hybridized carbons (Fsp3) is 0.133. The smallest absolute Gasteiger partial charge is 0.263 e. The molecular weight excluding hydrogens is 627 g/mol. The summed E-state index contributed by atoms with van der Waals surface area (Å²) in [6, 6.07) is 45.6. The SMILES string of the molecule is CCCc1nc2c(C)cc(-c3nc4ccccc4n3C)cc2n1Cc1ccc(-c2ccccc2C(=O)n2c3ccccc3c3ccccc32)cc1. The minimum atomic E-state index is -0.0343. The van der Waals surface area contributed by atoms with Crippen LogP contribution in [0, 0.1) is 6.92 Å². The summed E-state index contributed by atoms with van der Waals surface area (Å²) in [6.07, 6.45) is 1.90. The van der Waals surface area contributed by atoms with Crippen molar-refractivity contribution in [2.45, 2.75) is 33.2 Å². The number of benzene rings is 6. The van der Waals surface area contributed by atoms with E-state index >= 15 is 0 Å². The number of fused-ring (bicyclic) bond motifs is 5. The third-order valence-corrected chi connectivity index (χ3v) is 10.2. The summed E-state index contributed by atoms with van der Waals surface area (Å²) in [7, 11) is 2.08. The Kier molecular flexibility index (Phi) is 7.39. The Balaban J connectivity index is 1.09. The van der Waals surface area contributed by atoms with Gasteiger partial charge in [-0.2, -0.15) is 0 Å². The second kappa shape index (κ2) is 12.3. The number of aromatic nitrogens is 5. The lowest BCUT2D eigenvalue weighted by molar-refractivity contribution is 0.0970. The number of nitrogens with zero attached hydrogens (tertiary/aromatic N) is 5. The minimum Gasteiger partial charge on any atom is -0.327 e. The Morgan fingerprint density at radius 1 is 0.667 bits per heavy atom. The molecule has 3 heterocycles. The van der Waals surface area contributed by atoms with Crippen molar-refractivity contribution in [3.05, 3.63) is 156 Å². The van der Waals surface area contributed by atoms with Crippen LogP contribution in [0.1, 0.15) is 40.7 Å². The maximum atomic E-state index is 14.4. The summed E-state index contributed by atoms with van der Waals surface area (Å²) in [5.74, 6) is 2.00. The van der Waals surface area contributed by atoms with E-state index in [1.807, 2.05) is 71.3 Å². The Bertz CT molecular complexity index is 2730. The van der Waals surface area contributed by atoms with E-state index in [9.17, 15) is 4.79 Å². The van der Waals surface area contributed by atoms with Gasteiger partial charge in [0.05, 0.1) is 33.1 Å². The highest BCUT2D eigenvalue weighted by molar-refractivity contribution is 6.17. The third kappa shape index (κ3) is 5.06. The van der Waals surface area contributed by atoms with E-state index in [0.717, 1.165) is 90.6 Å². The van der Waals surface area contributed by atoms with Crippen LogP contribution >= 0.6 is 0 Å². The van der Waals surface area contributed by atoms with E-state index in [1.54, 1.807) is 0 Å². The molecule has 0 unspecified atom stereocenters. The molecule has 6 aromatic carbocycles. The second-order valence-electron chi connectivity index (χ2n) is 13.4. The molecule has 9 rings (SSSR count). The highest BCUT2D eigenvalue weighted by Gasteiger charge is 2.21. The number of aryl methyl sites for hydroxylation is 3. The first-order valence-corrected chi connectivity index (χ1v) is 17.6. The molecule has 0 fully saturated rings. The summed E-state index contributed by atoms with van der Waals surface area (Å²) < 4.78 is 6.40. The molecule has 0 saturated heterocycles. The first kappa shape index (κ1) is 30.8. The Hall–Kier alpha value is -6.27. The van der Waals surface area contributed by atoms with Gasteiger partial charge in [-0.1, -0.05) is 97.9 Å². The first-order valence-electron chi connectivity index (χ1n) is 17.6. The predicted octanol–water partition coefficient (Wildman–Crippen LogP) is 10.4. The lowest BCUT2D eigenvalue weighted by atomic mass is 9.98. The lowest BCUT2D eigenvalue weighted by Crippen LogP contribution is -2.13. The third-order valence-electron chi connectivity index (χ3n) is 10.2. The largest absolute Gasteiger partial charge is 0.327 e. The Labute approximate surface area is 296 Å². The Morgan fingerprint density at radius 3 is 2.02 bits per heavy atom. The number of imidazole rings is 2. The van der Waals surface area contributed by atoms with E-state index in [1.165, 1.54) is 5.56 Å². The van der Waals surface area contributed by atoms with Gasteiger partial charge in [-0.25, -0.2) is 9.97 Å². The van der Waals surface area contributed by atoms with Crippen LogP contribution in [0.3, 0.4) is 0 Å². The predicted molar refractivity (Wildman–Crippen MR) is 208 cm³/mol. The van der Waals surface area contributed by atoms with Crippen LogP contribution in [0.25, 0.3) is 66.4 Å². The molecule has 0 atom stereocenters. The van der Waals surface area contributed by atoms with E-state index < -0.39 is 0 Å². The normalized spacial score (nSPS) is 11.7. The van der Waals surface area contributed by atoms with Crippen molar-refractivity contribution in [3.8, 4) is 22.5 Å². The molecule has 0 aliphatic rings. The van der Waals surface area contributed by atoms with Gasteiger partial charge in [0.15, 0.2) is 0 Å². The summed E-state index contributed by atoms with van der Waals surface area (Å²) in [5.41, 5.74) is 12.1. The summed E-state index contributed by atoms with van der Waals surface area (Å²) in [5, 5.41) is 2.15. The maximum absolute atomic E-state index is 14.4. The van der Waals surface area contributed by atoms with Crippen LogP contribution in [0.15, 0.2) is 133 Å². The van der Waals surface area contributed by atoms with E-state index in [2.05, 4.69) is 96.8 Å². The molecule has 6 heteroatoms. The average molecular weight is 664 g/mol. The van der Waals surface area contributed by atoms with Crippen LogP contribution in [0.2, 0.25) is 0 Å². The quantitative estimate of drug-likeness (QED) is 0.171. The molecule has 0 amide bonds. The molecule has 51 heavy (non-hydrogen) atoms. The highest BCUT2D eigenvalue weighted by atomic mass is 16.2. The van der Waals surface area contributed by atoms with Gasteiger partial charge in [0.1, 0.15) is 11.6 Å². The van der Waals surface area contributed by atoms with Gasteiger partial charge in [0.2, 0.25) is 0 Å². The van der Waals surface area contributed by atoms with Gasteiger partial charge in [0.25, 0.3) is 5.91 Å². The zero-order valence-electron chi connectivity index (χ0n) is 29.0. The van der Waals surface area contributed by atoms with Crippen LogP contribution < -0.4 is 0 Å².